The van der Waals surface area contributed by atoms with Crippen LogP contribution in [-0.2, 0) is 4.79 Å². The van der Waals surface area contributed by atoms with E-state index in [0.717, 1.165) is 77.3 Å². The molecule has 3 fully saturated rings. The average molecular weight is 583 g/mol. The number of amides is 1. The normalized spacial score (nSPS) is 22.4. The fraction of sp³-hybridized carbons (Fsp3) is 0.467. The number of aromatic nitrogens is 5. The van der Waals surface area contributed by atoms with Gasteiger partial charge in [0.05, 0.1) is 40.1 Å². The Labute approximate surface area is 248 Å². The summed E-state index contributed by atoms with van der Waals surface area (Å²) in [6.07, 6.45) is 5.70. The lowest BCUT2D eigenvalue weighted by atomic mass is 9.91. The molecule has 3 atom stereocenters. The number of anilines is 2. The van der Waals surface area contributed by atoms with Crippen LogP contribution in [0.15, 0.2) is 36.7 Å². The molecule has 1 unspecified atom stereocenters. The first-order valence-corrected chi connectivity index (χ1v) is 15.4. The van der Waals surface area contributed by atoms with Gasteiger partial charge in [-0.3, -0.25) is 9.78 Å². The predicted molar refractivity (Wildman–Crippen MR) is 162 cm³/mol. The van der Waals surface area contributed by atoms with Crippen LogP contribution in [0.1, 0.15) is 32.3 Å². The van der Waals surface area contributed by atoms with Gasteiger partial charge in [-0.25, -0.2) is 4.52 Å². The molecule has 4 aromatic heterocycles. The van der Waals surface area contributed by atoms with Crippen molar-refractivity contribution in [2.24, 2.45) is 17.8 Å². The van der Waals surface area contributed by atoms with Crippen molar-refractivity contribution in [3.05, 3.63) is 42.2 Å². The third-order valence-corrected chi connectivity index (χ3v) is 9.75. The van der Waals surface area contributed by atoms with Crippen molar-refractivity contribution in [1.29, 1.82) is 5.26 Å². The van der Waals surface area contributed by atoms with Gasteiger partial charge in [0, 0.05) is 50.1 Å². The molecule has 42 heavy (non-hydrogen) atoms. The number of hydrogen-bond donors (Lipinski definition) is 2. The maximum Gasteiger partial charge on any atom is 0.225 e. The number of hydrogen-bond acceptors (Lipinski definition) is 10. The topological polar surface area (TPSA) is 127 Å². The molecule has 2 aliphatic heterocycles. The van der Waals surface area contributed by atoms with Crippen molar-refractivity contribution in [3.8, 4) is 28.0 Å². The van der Waals surface area contributed by atoms with Crippen LogP contribution in [0, 0.1) is 29.1 Å². The smallest absolute Gasteiger partial charge is 0.225 e. The van der Waals surface area contributed by atoms with E-state index in [4.69, 9.17) is 4.98 Å². The highest BCUT2D eigenvalue weighted by molar-refractivity contribution is 7.18. The second kappa shape index (κ2) is 10.6. The molecule has 11 nitrogen and oxygen atoms in total. The molecule has 3 aliphatic rings. The summed E-state index contributed by atoms with van der Waals surface area (Å²) in [5.41, 5.74) is 4.83. The third-order valence-electron chi connectivity index (χ3n) is 8.73. The summed E-state index contributed by atoms with van der Waals surface area (Å²) >= 11 is 1.59. The van der Waals surface area contributed by atoms with Crippen LogP contribution >= 0.6 is 11.3 Å². The Bertz CT molecular complexity index is 1670. The van der Waals surface area contributed by atoms with E-state index in [0.29, 0.717) is 17.4 Å². The molecule has 7 rings (SSSR count). The van der Waals surface area contributed by atoms with E-state index in [1.54, 1.807) is 22.0 Å². The largest absolute Gasteiger partial charge is 0.382 e. The van der Waals surface area contributed by atoms with Gasteiger partial charge in [-0.05, 0) is 69.8 Å². The lowest BCUT2D eigenvalue weighted by Gasteiger charge is -2.40. The minimum absolute atomic E-state index is 0.135. The predicted octanol–water partition coefficient (Wildman–Crippen LogP) is 3.50. The highest BCUT2D eigenvalue weighted by Gasteiger charge is 2.44. The number of rotatable bonds is 7. The Hall–Kier alpha value is -4.08. The monoisotopic (exact) mass is 582 g/mol. The number of pyridine rings is 1. The van der Waals surface area contributed by atoms with Crippen LogP contribution in [0.5, 0.6) is 0 Å². The molecule has 6 heterocycles. The molecule has 1 amide bonds. The van der Waals surface area contributed by atoms with Crippen molar-refractivity contribution >= 4 is 33.6 Å². The number of nitriles is 1. The van der Waals surface area contributed by atoms with Gasteiger partial charge in [-0.2, -0.15) is 10.4 Å². The standard InChI is InChI=1S/C30H34N10OS/c1-17(2)34-24-9-25(26-7-6-22-8-18(10-31)11-33-40(22)26)32-12-23(24)29-36-37-30(42-29)39-15-19-4-5-20(16-39)27(19)35-28(41)21-13-38(3)14-21/h6-9,11-12,17,19-21,27H,4-5,13-16H2,1-3H3,(H,32,34)(H,35,41)/t19-,20+,27?. The van der Waals surface area contributed by atoms with Gasteiger partial charge in [0.15, 0.2) is 5.01 Å². The molecule has 2 bridgehead atoms. The summed E-state index contributed by atoms with van der Waals surface area (Å²) in [7, 11) is 2.06. The molecule has 0 radical (unpaired) electrons. The minimum atomic E-state index is 0.135. The summed E-state index contributed by atoms with van der Waals surface area (Å²) in [5, 5.41) is 31.6. The van der Waals surface area contributed by atoms with Gasteiger partial charge in [-0.1, -0.05) is 11.3 Å². The van der Waals surface area contributed by atoms with Crippen LogP contribution in [0.4, 0.5) is 10.8 Å². The molecular formula is C30H34N10OS. The van der Waals surface area contributed by atoms with E-state index in [2.05, 4.69) is 62.7 Å². The van der Waals surface area contributed by atoms with Gasteiger partial charge in [-0.15, -0.1) is 10.2 Å². The zero-order chi connectivity index (χ0) is 29.0. The number of carbonyl (C=O) groups excluding carboxylic acids is 1. The van der Waals surface area contributed by atoms with Crippen molar-refractivity contribution in [2.75, 3.05) is 43.4 Å². The van der Waals surface area contributed by atoms with Crippen LogP contribution in [-0.4, -0.2) is 80.9 Å². The number of carbonyl (C=O) groups is 1. The van der Waals surface area contributed by atoms with Crippen LogP contribution in [0.2, 0.25) is 0 Å². The van der Waals surface area contributed by atoms with Crippen molar-refractivity contribution in [3.63, 3.8) is 0 Å². The SMILES string of the molecule is CC(C)Nc1cc(-c2ccc3cc(C#N)cnn23)ncc1-c1nnc(N2C[C@H]3CC[C@@H](C2)C3NC(=O)C2CN(C)C2)s1. The molecule has 2 N–H and O–H groups in total. The molecule has 0 aromatic carbocycles. The zero-order valence-electron chi connectivity index (χ0n) is 24.0. The van der Waals surface area contributed by atoms with E-state index in [9.17, 15) is 10.1 Å². The second-order valence-corrected chi connectivity index (χ2v) is 13.1. The summed E-state index contributed by atoms with van der Waals surface area (Å²) in [4.78, 5) is 22.1. The van der Waals surface area contributed by atoms with Crippen molar-refractivity contribution < 1.29 is 4.79 Å². The van der Waals surface area contributed by atoms with Crippen LogP contribution < -0.4 is 15.5 Å². The summed E-state index contributed by atoms with van der Waals surface area (Å²) < 4.78 is 1.80. The number of nitrogens with one attached hydrogen (secondary N) is 2. The molecule has 2 saturated heterocycles. The summed E-state index contributed by atoms with van der Waals surface area (Å²) in [6, 6.07) is 10.4. The maximum atomic E-state index is 12.8. The number of likely N-dealkylation sites (tertiary alicyclic amines) is 1. The Morgan fingerprint density at radius 1 is 1.10 bits per heavy atom. The number of nitrogens with zero attached hydrogens (tertiary/aromatic N) is 8. The first-order valence-electron chi connectivity index (χ1n) is 14.6. The number of piperidine rings is 1. The summed E-state index contributed by atoms with van der Waals surface area (Å²) in [6.45, 7) is 7.70. The van der Waals surface area contributed by atoms with Crippen molar-refractivity contribution in [1.82, 2.24) is 35.0 Å². The zero-order valence-corrected chi connectivity index (χ0v) is 24.8. The van der Waals surface area contributed by atoms with E-state index >= 15 is 0 Å². The van der Waals surface area contributed by atoms with E-state index in [1.807, 2.05) is 30.5 Å². The van der Waals surface area contributed by atoms with Crippen LogP contribution in [0.3, 0.4) is 0 Å². The highest BCUT2D eigenvalue weighted by Crippen LogP contribution is 2.41. The Kier molecular flexibility index (Phi) is 6.79. The first kappa shape index (κ1) is 26.8. The number of fused-ring (bicyclic) bond motifs is 3. The molecular weight excluding hydrogens is 548 g/mol. The average Bonchev–Trinajstić information content (AvgIpc) is 3.66. The van der Waals surface area contributed by atoms with E-state index in [1.165, 1.54) is 0 Å². The molecule has 12 heteroatoms. The highest BCUT2D eigenvalue weighted by atomic mass is 32.1. The molecule has 1 saturated carbocycles. The van der Waals surface area contributed by atoms with Crippen LogP contribution in [0.25, 0.3) is 27.5 Å². The molecule has 4 aromatic rings. The Morgan fingerprint density at radius 2 is 1.88 bits per heavy atom. The third kappa shape index (κ3) is 4.86. The lowest BCUT2D eigenvalue weighted by Crippen LogP contribution is -2.58. The Balaban J connectivity index is 1.11. The van der Waals surface area contributed by atoms with Gasteiger partial charge in [0.25, 0.3) is 0 Å². The van der Waals surface area contributed by atoms with Gasteiger partial charge in [0.2, 0.25) is 11.0 Å². The first-order chi connectivity index (χ1) is 20.4. The fourth-order valence-corrected chi connectivity index (χ4v) is 7.55. The second-order valence-electron chi connectivity index (χ2n) is 12.2. The van der Waals surface area contributed by atoms with Gasteiger partial charge < -0.3 is 20.4 Å². The quantitative estimate of drug-likeness (QED) is 0.337. The molecule has 216 valence electrons. The van der Waals surface area contributed by atoms with E-state index in [-0.39, 0.29) is 23.9 Å². The van der Waals surface area contributed by atoms with Gasteiger partial charge >= 0.3 is 0 Å². The lowest BCUT2D eigenvalue weighted by molar-refractivity contribution is -0.130. The van der Waals surface area contributed by atoms with Crippen molar-refractivity contribution in [2.45, 2.75) is 38.8 Å². The maximum absolute atomic E-state index is 12.8. The summed E-state index contributed by atoms with van der Waals surface area (Å²) in [5.74, 6) is 1.23. The van der Waals surface area contributed by atoms with E-state index < -0.39 is 0 Å². The minimum Gasteiger partial charge on any atom is -0.382 e. The molecule has 0 spiro atoms. The van der Waals surface area contributed by atoms with Gasteiger partial charge in [0.1, 0.15) is 6.07 Å². The molecule has 1 aliphatic carbocycles. The Morgan fingerprint density at radius 3 is 2.60 bits per heavy atom. The fourth-order valence-electron chi connectivity index (χ4n) is 6.66.